The number of nitrogens with zero attached hydrogens (tertiary/aromatic N) is 3. The number of aromatic nitrogens is 2. The summed E-state index contributed by atoms with van der Waals surface area (Å²) in [5, 5.41) is 11.3. The molecule has 2 heterocycles. The van der Waals surface area contributed by atoms with Crippen molar-refractivity contribution in [2.24, 2.45) is 12.0 Å². The highest BCUT2D eigenvalue weighted by molar-refractivity contribution is 14.0. The largest absolute Gasteiger partial charge is 0.379 e. The van der Waals surface area contributed by atoms with Crippen LogP contribution in [0.4, 0.5) is 0 Å². The Kier molecular flexibility index (Phi) is 11.2. The molecule has 1 aliphatic rings. The van der Waals surface area contributed by atoms with Gasteiger partial charge in [0.2, 0.25) is 0 Å². The van der Waals surface area contributed by atoms with Crippen LogP contribution in [0.15, 0.2) is 4.99 Å². The first kappa shape index (κ1) is 24.2. The van der Waals surface area contributed by atoms with Crippen molar-refractivity contribution >= 4 is 29.9 Å². The van der Waals surface area contributed by atoms with E-state index < -0.39 is 0 Å². The SMILES string of the molecule is CN=C(NCCCOCC1CCCO1)NC(C)Cc1c(C)nn(C)c1C.I. The molecule has 0 aromatic carbocycles. The minimum atomic E-state index is 0. The number of aliphatic imine (C=N–C) groups is 1. The molecule has 1 aromatic heterocycles. The molecule has 0 spiro atoms. The number of halogens is 1. The Bertz CT molecular complexity index is 585. The van der Waals surface area contributed by atoms with Crippen LogP contribution in [0.1, 0.15) is 43.1 Å². The molecule has 156 valence electrons. The van der Waals surface area contributed by atoms with Crippen molar-refractivity contribution in [2.45, 2.75) is 58.6 Å². The van der Waals surface area contributed by atoms with Crippen molar-refractivity contribution < 1.29 is 9.47 Å². The number of aryl methyl sites for hydroxylation is 2. The van der Waals surface area contributed by atoms with Gasteiger partial charge in [-0.3, -0.25) is 9.67 Å². The Labute approximate surface area is 180 Å². The molecule has 1 saturated heterocycles. The molecule has 8 heteroatoms. The topological polar surface area (TPSA) is 72.7 Å². The summed E-state index contributed by atoms with van der Waals surface area (Å²) >= 11 is 0. The lowest BCUT2D eigenvalue weighted by Gasteiger charge is -2.18. The maximum Gasteiger partial charge on any atom is 0.191 e. The number of rotatable bonds is 9. The van der Waals surface area contributed by atoms with Gasteiger partial charge in [0.25, 0.3) is 0 Å². The van der Waals surface area contributed by atoms with E-state index in [1.165, 1.54) is 11.3 Å². The molecule has 0 saturated carbocycles. The average molecular weight is 493 g/mol. The van der Waals surface area contributed by atoms with Crippen molar-refractivity contribution in [3.8, 4) is 0 Å². The smallest absolute Gasteiger partial charge is 0.191 e. The molecule has 1 fully saturated rings. The van der Waals surface area contributed by atoms with Gasteiger partial charge in [0.05, 0.1) is 18.4 Å². The van der Waals surface area contributed by atoms with E-state index in [0.717, 1.165) is 57.1 Å². The van der Waals surface area contributed by atoms with Crippen LogP contribution in [0.25, 0.3) is 0 Å². The van der Waals surface area contributed by atoms with Crippen LogP contribution in [0.3, 0.4) is 0 Å². The summed E-state index contributed by atoms with van der Waals surface area (Å²) in [5.74, 6) is 0.829. The minimum absolute atomic E-state index is 0. The molecule has 27 heavy (non-hydrogen) atoms. The zero-order valence-corrected chi connectivity index (χ0v) is 19.7. The van der Waals surface area contributed by atoms with Gasteiger partial charge in [-0.05, 0) is 52.0 Å². The summed E-state index contributed by atoms with van der Waals surface area (Å²) in [6.45, 7) is 9.53. The molecule has 1 aromatic rings. The van der Waals surface area contributed by atoms with Crippen LogP contribution < -0.4 is 10.6 Å². The second kappa shape index (κ2) is 12.6. The van der Waals surface area contributed by atoms with Crippen LogP contribution in [0, 0.1) is 13.8 Å². The highest BCUT2D eigenvalue weighted by atomic mass is 127. The van der Waals surface area contributed by atoms with Gasteiger partial charge in [0.1, 0.15) is 0 Å². The van der Waals surface area contributed by atoms with E-state index in [-0.39, 0.29) is 30.0 Å². The van der Waals surface area contributed by atoms with Gasteiger partial charge in [-0.2, -0.15) is 5.10 Å². The molecule has 2 N–H and O–H groups in total. The Balaban J connectivity index is 0.00000364. The summed E-state index contributed by atoms with van der Waals surface area (Å²) in [4.78, 5) is 4.31. The van der Waals surface area contributed by atoms with E-state index in [1.54, 1.807) is 7.05 Å². The standard InChI is InChI=1S/C19H35N5O2.HI/c1-14(12-18-15(2)23-24(5)16(18)3)22-19(20-4)21-9-7-10-25-13-17-8-6-11-26-17;/h14,17H,6-13H2,1-5H3,(H2,20,21,22);1H. The van der Waals surface area contributed by atoms with Crippen LogP contribution in [0.2, 0.25) is 0 Å². The third-order valence-corrected chi connectivity index (χ3v) is 4.86. The number of hydrogen-bond acceptors (Lipinski definition) is 4. The van der Waals surface area contributed by atoms with E-state index in [0.29, 0.717) is 12.7 Å². The molecular weight excluding hydrogens is 457 g/mol. The van der Waals surface area contributed by atoms with Gasteiger partial charge in [-0.25, -0.2) is 0 Å². The molecule has 0 bridgehead atoms. The Morgan fingerprint density at radius 1 is 1.44 bits per heavy atom. The quantitative estimate of drug-likeness (QED) is 0.239. The second-order valence-electron chi connectivity index (χ2n) is 7.08. The fraction of sp³-hybridized carbons (Fsp3) is 0.789. The summed E-state index contributed by atoms with van der Waals surface area (Å²) in [6.07, 6.45) is 4.47. The fourth-order valence-corrected chi connectivity index (χ4v) is 3.27. The first-order valence-corrected chi connectivity index (χ1v) is 9.66. The zero-order valence-electron chi connectivity index (χ0n) is 17.4. The summed E-state index contributed by atoms with van der Waals surface area (Å²) < 4.78 is 13.2. The molecular formula is C19H36IN5O2. The van der Waals surface area contributed by atoms with Crippen molar-refractivity contribution in [3.05, 3.63) is 17.0 Å². The minimum Gasteiger partial charge on any atom is -0.379 e. The number of nitrogens with one attached hydrogen (secondary N) is 2. The number of hydrogen-bond donors (Lipinski definition) is 2. The lowest BCUT2D eigenvalue weighted by atomic mass is 10.1. The van der Waals surface area contributed by atoms with Gasteiger partial charge in [-0.1, -0.05) is 0 Å². The van der Waals surface area contributed by atoms with E-state index in [9.17, 15) is 0 Å². The normalized spacial score (nSPS) is 18.3. The van der Waals surface area contributed by atoms with Crippen LogP contribution in [0.5, 0.6) is 0 Å². The molecule has 7 nitrogen and oxygen atoms in total. The third kappa shape index (κ3) is 7.95. The van der Waals surface area contributed by atoms with E-state index >= 15 is 0 Å². The molecule has 2 rings (SSSR count). The molecule has 2 atom stereocenters. The van der Waals surface area contributed by atoms with Gasteiger partial charge in [-0.15, -0.1) is 24.0 Å². The van der Waals surface area contributed by atoms with Gasteiger partial charge >= 0.3 is 0 Å². The summed E-state index contributed by atoms with van der Waals surface area (Å²) in [7, 11) is 3.79. The van der Waals surface area contributed by atoms with Crippen molar-refractivity contribution in [1.82, 2.24) is 20.4 Å². The van der Waals surface area contributed by atoms with Gasteiger partial charge in [0.15, 0.2) is 5.96 Å². The van der Waals surface area contributed by atoms with E-state index in [4.69, 9.17) is 9.47 Å². The Morgan fingerprint density at radius 3 is 2.81 bits per heavy atom. The predicted octanol–water partition coefficient (Wildman–Crippen LogP) is 2.34. The van der Waals surface area contributed by atoms with Crippen LogP contribution in [-0.4, -0.2) is 61.3 Å². The van der Waals surface area contributed by atoms with Crippen molar-refractivity contribution in [2.75, 3.05) is 33.4 Å². The second-order valence-corrected chi connectivity index (χ2v) is 7.08. The average Bonchev–Trinajstić information content (AvgIpc) is 3.21. The number of ether oxygens (including phenoxy) is 2. The molecule has 0 amide bonds. The van der Waals surface area contributed by atoms with E-state index in [2.05, 4.69) is 41.5 Å². The highest BCUT2D eigenvalue weighted by Crippen LogP contribution is 2.14. The zero-order chi connectivity index (χ0) is 18.9. The lowest BCUT2D eigenvalue weighted by molar-refractivity contribution is 0.0168. The number of guanidine groups is 1. The van der Waals surface area contributed by atoms with Gasteiger partial charge in [0, 0.05) is 45.6 Å². The lowest BCUT2D eigenvalue weighted by Crippen LogP contribution is -2.43. The summed E-state index contributed by atoms with van der Waals surface area (Å²) in [5.41, 5.74) is 3.64. The fourth-order valence-electron chi connectivity index (χ4n) is 3.27. The summed E-state index contributed by atoms with van der Waals surface area (Å²) in [6, 6.07) is 0.276. The first-order chi connectivity index (χ1) is 12.5. The van der Waals surface area contributed by atoms with Crippen LogP contribution in [-0.2, 0) is 22.9 Å². The highest BCUT2D eigenvalue weighted by Gasteiger charge is 2.15. The maximum absolute atomic E-state index is 5.69. The molecule has 2 unspecified atom stereocenters. The molecule has 0 radical (unpaired) electrons. The molecule has 1 aliphatic heterocycles. The monoisotopic (exact) mass is 493 g/mol. The van der Waals surface area contributed by atoms with Crippen molar-refractivity contribution in [3.63, 3.8) is 0 Å². The van der Waals surface area contributed by atoms with E-state index in [1.807, 2.05) is 11.7 Å². The maximum atomic E-state index is 5.69. The predicted molar refractivity (Wildman–Crippen MR) is 120 cm³/mol. The van der Waals surface area contributed by atoms with Crippen molar-refractivity contribution in [1.29, 1.82) is 0 Å². The molecule has 0 aliphatic carbocycles. The Hall–Kier alpha value is -0.870. The Morgan fingerprint density at radius 2 is 2.22 bits per heavy atom. The first-order valence-electron chi connectivity index (χ1n) is 9.66. The van der Waals surface area contributed by atoms with Crippen LogP contribution >= 0.6 is 24.0 Å². The third-order valence-electron chi connectivity index (χ3n) is 4.86. The van der Waals surface area contributed by atoms with Gasteiger partial charge < -0.3 is 20.1 Å².